The first-order valence-corrected chi connectivity index (χ1v) is 10.4. The van der Waals surface area contributed by atoms with Crippen LogP contribution in [0.15, 0.2) is 22.8 Å². The Kier molecular flexibility index (Phi) is 4.55. The third kappa shape index (κ3) is 3.28. The summed E-state index contributed by atoms with van der Waals surface area (Å²) in [4.78, 5) is 18.5. The molecular formula is C21H27N5O2. The Morgan fingerprint density at radius 2 is 2.00 bits per heavy atom. The fourth-order valence-electron chi connectivity index (χ4n) is 4.73. The van der Waals surface area contributed by atoms with E-state index in [2.05, 4.69) is 38.3 Å². The minimum atomic E-state index is 0.136. The summed E-state index contributed by atoms with van der Waals surface area (Å²) in [6.45, 7) is 8.95. The molecule has 5 rings (SSSR count). The van der Waals surface area contributed by atoms with Gasteiger partial charge in [0.2, 0.25) is 5.91 Å². The van der Waals surface area contributed by atoms with Gasteiger partial charge in [-0.05, 0) is 65.9 Å². The van der Waals surface area contributed by atoms with Crippen molar-refractivity contribution in [3.8, 4) is 0 Å². The molecule has 0 unspecified atom stereocenters. The highest BCUT2D eigenvalue weighted by Crippen LogP contribution is 2.35. The van der Waals surface area contributed by atoms with Crippen LogP contribution < -0.4 is 4.90 Å². The molecule has 3 aliphatic heterocycles. The molecule has 2 aromatic rings. The zero-order valence-electron chi connectivity index (χ0n) is 16.4. The van der Waals surface area contributed by atoms with Gasteiger partial charge >= 0.3 is 0 Å². The average molecular weight is 381 g/mol. The van der Waals surface area contributed by atoms with Crippen molar-refractivity contribution in [1.82, 2.24) is 20.1 Å². The first-order chi connectivity index (χ1) is 13.7. The van der Waals surface area contributed by atoms with Crippen LogP contribution in [0.25, 0.3) is 16.6 Å². The van der Waals surface area contributed by atoms with Gasteiger partial charge in [-0.1, -0.05) is 6.08 Å². The predicted octanol–water partition coefficient (Wildman–Crippen LogP) is 2.39. The predicted molar refractivity (Wildman–Crippen MR) is 108 cm³/mol. The summed E-state index contributed by atoms with van der Waals surface area (Å²) in [6, 6.07) is 4.29. The van der Waals surface area contributed by atoms with Crippen LogP contribution >= 0.6 is 0 Å². The number of hydrogen-bond acceptors (Lipinski definition) is 6. The monoisotopic (exact) mass is 381 g/mol. The summed E-state index contributed by atoms with van der Waals surface area (Å²) in [5.41, 5.74) is 5.24. The maximum atomic E-state index is 11.6. The van der Waals surface area contributed by atoms with Gasteiger partial charge in [-0.2, -0.15) is 0 Å². The van der Waals surface area contributed by atoms with Crippen LogP contribution in [0.4, 0.5) is 5.69 Å². The number of aromatic nitrogens is 2. The summed E-state index contributed by atoms with van der Waals surface area (Å²) in [5.74, 6) is 0.867. The number of benzene rings is 1. The van der Waals surface area contributed by atoms with Crippen molar-refractivity contribution >= 4 is 28.2 Å². The largest absolute Gasteiger partial charge is 0.369 e. The second kappa shape index (κ2) is 7.20. The second-order valence-corrected chi connectivity index (χ2v) is 8.35. The molecule has 0 bridgehead atoms. The van der Waals surface area contributed by atoms with E-state index in [0.29, 0.717) is 6.54 Å². The van der Waals surface area contributed by atoms with Gasteiger partial charge in [0.1, 0.15) is 5.52 Å². The van der Waals surface area contributed by atoms with Crippen LogP contribution in [0.5, 0.6) is 0 Å². The van der Waals surface area contributed by atoms with Gasteiger partial charge in [0.15, 0.2) is 5.52 Å². The van der Waals surface area contributed by atoms with Gasteiger partial charge in [-0.25, -0.2) is 4.63 Å². The molecule has 3 aliphatic rings. The Balaban J connectivity index is 1.35. The Morgan fingerprint density at radius 1 is 1.18 bits per heavy atom. The van der Waals surface area contributed by atoms with Crippen molar-refractivity contribution < 1.29 is 9.42 Å². The Bertz CT molecular complexity index is 909. The second-order valence-electron chi connectivity index (χ2n) is 8.35. The highest BCUT2D eigenvalue weighted by atomic mass is 16.6. The van der Waals surface area contributed by atoms with Crippen molar-refractivity contribution in [2.24, 2.45) is 5.92 Å². The third-order valence-corrected chi connectivity index (χ3v) is 6.38. The van der Waals surface area contributed by atoms with E-state index in [4.69, 9.17) is 4.63 Å². The topological polar surface area (TPSA) is 65.7 Å². The highest BCUT2D eigenvalue weighted by molar-refractivity contribution is 5.92. The summed E-state index contributed by atoms with van der Waals surface area (Å²) in [5, 5.41) is 8.27. The maximum absolute atomic E-state index is 11.6. The molecule has 2 fully saturated rings. The quantitative estimate of drug-likeness (QED) is 0.810. The Morgan fingerprint density at radius 3 is 2.71 bits per heavy atom. The zero-order chi connectivity index (χ0) is 19.1. The minimum Gasteiger partial charge on any atom is -0.369 e. The van der Waals surface area contributed by atoms with E-state index in [0.717, 1.165) is 48.7 Å². The van der Waals surface area contributed by atoms with Gasteiger partial charge in [-0.15, -0.1) is 0 Å². The van der Waals surface area contributed by atoms with Crippen LogP contribution in [0, 0.1) is 5.92 Å². The van der Waals surface area contributed by atoms with Crippen molar-refractivity contribution in [3.63, 3.8) is 0 Å². The molecule has 0 atom stereocenters. The lowest BCUT2D eigenvalue weighted by molar-refractivity contribution is -0.128. The van der Waals surface area contributed by atoms with Gasteiger partial charge in [0.25, 0.3) is 0 Å². The molecule has 28 heavy (non-hydrogen) atoms. The molecule has 0 aliphatic carbocycles. The minimum absolute atomic E-state index is 0.136. The van der Waals surface area contributed by atoms with Crippen LogP contribution in [0.3, 0.4) is 0 Å². The smallest absolute Gasteiger partial charge is 0.219 e. The first kappa shape index (κ1) is 17.7. The van der Waals surface area contributed by atoms with Crippen LogP contribution in [0.2, 0.25) is 0 Å². The van der Waals surface area contributed by atoms with Crippen molar-refractivity contribution in [2.75, 3.05) is 50.7 Å². The fourth-order valence-corrected chi connectivity index (χ4v) is 4.73. The van der Waals surface area contributed by atoms with E-state index in [9.17, 15) is 4.79 Å². The van der Waals surface area contributed by atoms with Crippen molar-refractivity contribution in [3.05, 3.63) is 23.8 Å². The van der Waals surface area contributed by atoms with E-state index in [1.807, 2.05) is 4.90 Å². The maximum Gasteiger partial charge on any atom is 0.219 e. The standard InChI is InChI=1S/C21H27N5O2/c1-15(27)25-8-4-17(5-9-25)18-10-19-21(23-28-22-19)20(11-18)26-13-16(14-26)12-24-6-2-3-7-24/h4,10-11,16H,2-3,5-9,12-14H2,1H3. The fraction of sp³-hybridized carbons (Fsp3) is 0.571. The molecule has 7 nitrogen and oxygen atoms in total. The molecule has 0 radical (unpaired) electrons. The molecule has 1 amide bonds. The van der Waals surface area contributed by atoms with E-state index in [-0.39, 0.29) is 5.91 Å². The number of anilines is 1. The van der Waals surface area contributed by atoms with Crippen LogP contribution in [-0.2, 0) is 4.79 Å². The van der Waals surface area contributed by atoms with E-state index >= 15 is 0 Å². The average Bonchev–Trinajstić information content (AvgIpc) is 3.35. The number of amides is 1. The Labute approximate surface area is 164 Å². The SMILES string of the molecule is CC(=O)N1CC=C(c2cc(N3CC(CN4CCCC4)C3)c3nonc3c2)CC1. The molecule has 1 aromatic carbocycles. The normalized spacial score (nSPS) is 21.2. The summed E-state index contributed by atoms with van der Waals surface area (Å²) in [7, 11) is 0. The van der Waals surface area contributed by atoms with Gasteiger partial charge in [0.05, 0.1) is 5.69 Å². The lowest BCUT2D eigenvalue weighted by atomic mass is 9.95. The highest BCUT2D eigenvalue weighted by Gasteiger charge is 2.31. The number of carbonyl (C=O) groups is 1. The number of fused-ring (bicyclic) bond motifs is 1. The molecule has 0 N–H and O–H groups in total. The number of rotatable bonds is 4. The van der Waals surface area contributed by atoms with E-state index < -0.39 is 0 Å². The van der Waals surface area contributed by atoms with Gasteiger partial charge < -0.3 is 14.7 Å². The molecule has 0 saturated carbocycles. The van der Waals surface area contributed by atoms with Crippen LogP contribution in [-0.4, -0.2) is 71.8 Å². The van der Waals surface area contributed by atoms with Crippen LogP contribution in [0.1, 0.15) is 31.7 Å². The molecule has 2 saturated heterocycles. The van der Waals surface area contributed by atoms with Crippen molar-refractivity contribution in [1.29, 1.82) is 0 Å². The molecular weight excluding hydrogens is 354 g/mol. The summed E-state index contributed by atoms with van der Waals surface area (Å²) < 4.78 is 5.04. The molecule has 1 aromatic heterocycles. The summed E-state index contributed by atoms with van der Waals surface area (Å²) >= 11 is 0. The lowest BCUT2D eigenvalue weighted by Gasteiger charge is -2.42. The number of carbonyl (C=O) groups excluding carboxylic acids is 1. The van der Waals surface area contributed by atoms with Gasteiger partial charge in [0, 0.05) is 45.6 Å². The molecule has 7 heteroatoms. The number of likely N-dealkylation sites (tertiary alicyclic amines) is 1. The lowest BCUT2D eigenvalue weighted by Crippen LogP contribution is -2.51. The molecule has 148 valence electrons. The Hall–Kier alpha value is -2.41. The molecule has 0 spiro atoms. The van der Waals surface area contributed by atoms with E-state index in [1.165, 1.54) is 43.6 Å². The zero-order valence-corrected chi connectivity index (χ0v) is 16.4. The number of nitrogens with zero attached hydrogens (tertiary/aromatic N) is 5. The summed E-state index contributed by atoms with van der Waals surface area (Å²) in [6.07, 6.45) is 5.72. The number of hydrogen-bond donors (Lipinski definition) is 0. The first-order valence-electron chi connectivity index (χ1n) is 10.4. The third-order valence-electron chi connectivity index (χ3n) is 6.38. The molecule has 4 heterocycles. The van der Waals surface area contributed by atoms with E-state index in [1.54, 1.807) is 6.92 Å². The van der Waals surface area contributed by atoms with Gasteiger partial charge in [-0.3, -0.25) is 4.79 Å². The van der Waals surface area contributed by atoms with Crippen molar-refractivity contribution in [2.45, 2.75) is 26.2 Å².